The molecule has 0 aliphatic rings. The lowest BCUT2D eigenvalue weighted by atomic mass is 10.4. The minimum absolute atomic E-state index is 0.604. The topological polar surface area (TPSA) is 80.2 Å². The van der Waals surface area contributed by atoms with Crippen molar-refractivity contribution in [3.63, 3.8) is 0 Å². The molecule has 0 amide bonds. The van der Waals surface area contributed by atoms with Crippen LogP contribution in [0.2, 0.25) is 0 Å². The van der Waals surface area contributed by atoms with Crippen LogP contribution < -0.4 is 0 Å². The molecule has 0 aromatic carbocycles. The highest BCUT2D eigenvalue weighted by Crippen LogP contribution is 2.26. The summed E-state index contributed by atoms with van der Waals surface area (Å²) in [6.45, 7) is 0. The molecule has 0 fully saturated rings. The van der Waals surface area contributed by atoms with Crippen molar-refractivity contribution in [3.05, 3.63) is 23.8 Å². The van der Waals surface area contributed by atoms with Crippen LogP contribution in [0.1, 0.15) is 11.5 Å². The van der Waals surface area contributed by atoms with E-state index in [1.165, 1.54) is 0 Å². The number of nitrogens with zero attached hydrogens (tertiary/aromatic N) is 2. The maximum atomic E-state index is 12.1. The van der Waals surface area contributed by atoms with Gasteiger partial charge in [-0.15, -0.1) is 0 Å². The molecular weight excluding hydrogens is 237 g/mol. The summed E-state index contributed by atoms with van der Waals surface area (Å²) >= 11 is 0. The number of aromatic nitrogens is 2. The summed E-state index contributed by atoms with van der Waals surface area (Å²) in [7, 11) is -4.43. The van der Waals surface area contributed by atoms with Gasteiger partial charge in [0.25, 0.3) is 10.1 Å². The van der Waals surface area contributed by atoms with Crippen molar-refractivity contribution in [2.75, 3.05) is 0 Å². The Balaban J connectivity index is 3.04. The Hall–Kier alpha value is -1.22. The molecule has 0 spiro atoms. The fourth-order valence-corrected chi connectivity index (χ4v) is 1.26. The first-order chi connectivity index (χ1) is 6.68. The number of hydrogen-bond acceptors (Lipinski definition) is 4. The molecule has 0 unspecified atom stereocenters. The number of halogens is 3. The molecule has 1 N–H and O–H groups in total. The number of rotatable bonds is 2. The van der Waals surface area contributed by atoms with Crippen LogP contribution in [-0.2, 0) is 22.0 Å². The van der Waals surface area contributed by atoms with Crippen LogP contribution in [0.15, 0.2) is 12.3 Å². The molecule has 0 aliphatic heterocycles. The van der Waals surface area contributed by atoms with Crippen LogP contribution in [0.3, 0.4) is 0 Å². The molecule has 1 aromatic heterocycles. The zero-order valence-electron chi connectivity index (χ0n) is 7.06. The van der Waals surface area contributed by atoms with Gasteiger partial charge in [0.2, 0.25) is 0 Å². The first-order valence-corrected chi connectivity index (χ1v) is 5.14. The Kier molecular flexibility index (Phi) is 2.95. The average Bonchev–Trinajstić information content (AvgIpc) is 1.99. The van der Waals surface area contributed by atoms with Gasteiger partial charge in [0.15, 0.2) is 0 Å². The van der Waals surface area contributed by atoms with Crippen molar-refractivity contribution in [2.24, 2.45) is 0 Å². The maximum Gasteiger partial charge on any atom is 0.433 e. The van der Waals surface area contributed by atoms with E-state index in [4.69, 9.17) is 4.55 Å². The fraction of sp³-hybridized carbons (Fsp3) is 0.333. The van der Waals surface area contributed by atoms with Gasteiger partial charge in [-0.1, -0.05) is 0 Å². The minimum Gasteiger partial charge on any atom is -0.285 e. The molecule has 1 aromatic rings. The lowest BCUT2D eigenvalue weighted by molar-refractivity contribution is -0.141. The molecule has 1 heterocycles. The van der Waals surface area contributed by atoms with Crippen molar-refractivity contribution >= 4 is 10.1 Å². The summed E-state index contributed by atoms with van der Waals surface area (Å²) in [5.74, 6) is -1.65. The summed E-state index contributed by atoms with van der Waals surface area (Å²) in [5, 5.41) is 0. The molecule has 0 atom stereocenters. The van der Waals surface area contributed by atoms with Crippen LogP contribution in [0.4, 0.5) is 13.2 Å². The maximum absolute atomic E-state index is 12.1. The molecule has 84 valence electrons. The van der Waals surface area contributed by atoms with Crippen LogP contribution in [0.25, 0.3) is 0 Å². The summed E-state index contributed by atoms with van der Waals surface area (Å²) in [6, 6.07) is 0.605. The van der Waals surface area contributed by atoms with E-state index in [-0.39, 0.29) is 0 Å². The van der Waals surface area contributed by atoms with Gasteiger partial charge in [0, 0.05) is 6.20 Å². The predicted octanol–water partition coefficient (Wildman–Crippen LogP) is 0.883. The zero-order chi connectivity index (χ0) is 11.7. The Bertz CT molecular complexity index is 457. The monoisotopic (exact) mass is 242 g/mol. The van der Waals surface area contributed by atoms with Crippen LogP contribution >= 0.6 is 0 Å². The van der Waals surface area contributed by atoms with Gasteiger partial charge in [-0.25, -0.2) is 9.97 Å². The Morgan fingerprint density at radius 3 is 2.47 bits per heavy atom. The molecule has 0 radical (unpaired) electrons. The third-order valence-electron chi connectivity index (χ3n) is 1.31. The number of alkyl halides is 3. The lowest BCUT2D eigenvalue weighted by Crippen LogP contribution is -2.12. The zero-order valence-corrected chi connectivity index (χ0v) is 7.88. The van der Waals surface area contributed by atoms with Crippen LogP contribution in [0, 0.1) is 0 Å². The van der Waals surface area contributed by atoms with Crippen molar-refractivity contribution in [1.29, 1.82) is 0 Å². The van der Waals surface area contributed by atoms with Gasteiger partial charge in [-0.05, 0) is 6.07 Å². The Morgan fingerprint density at radius 2 is 2.00 bits per heavy atom. The summed E-state index contributed by atoms with van der Waals surface area (Å²) in [6.07, 6.45) is -3.90. The lowest BCUT2D eigenvalue weighted by Gasteiger charge is -2.05. The van der Waals surface area contributed by atoms with Gasteiger partial charge in [0.1, 0.15) is 17.3 Å². The SMILES string of the molecule is O=S(=O)(O)Cc1nccc(C(F)(F)F)n1. The largest absolute Gasteiger partial charge is 0.433 e. The first kappa shape index (κ1) is 11.9. The molecule has 0 saturated carbocycles. The van der Waals surface area contributed by atoms with Crippen molar-refractivity contribution in [3.8, 4) is 0 Å². The quantitative estimate of drug-likeness (QED) is 0.779. The third kappa shape index (κ3) is 3.80. The van der Waals surface area contributed by atoms with E-state index < -0.39 is 33.6 Å². The van der Waals surface area contributed by atoms with Gasteiger partial charge in [-0.2, -0.15) is 21.6 Å². The third-order valence-corrected chi connectivity index (χ3v) is 1.93. The van der Waals surface area contributed by atoms with E-state index >= 15 is 0 Å². The second-order valence-corrected chi connectivity index (χ2v) is 4.03. The minimum atomic E-state index is -4.67. The summed E-state index contributed by atoms with van der Waals surface area (Å²) in [4.78, 5) is 6.24. The fourth-order valence-electron chi connectivity index (χ4n) is 0.790. The molecule has 15 heavy (non-hydrogen) atoms. The number of hydrogen-bond donors (Lipinski definition) is 1. The normalized spacial score (nSPS) is 12.8. The molecular formula is C6H5F3N2O3S. The average molecular weight is 242 g/mol. The van der Waals surface area contributed by atoms with Gasteiger partial charge in [-0.3, -0.25) is 4.55 Å². The van der Waals surface area contributed by atoms with Gasteiger partial charge >= 0.3 is 6.18 Å². The molecule has 0 aliphatic carbocycles. The van der Waals surface area contributed by atoms with Crippen molar-refractivity contribution in [1.82, 2.24) is 9.97 Å². The molecule has 1 rings (SSSR count). The first-order valence-electron chi connectivity index (χ1n) is 3.53. The van der Waals surface area contributed by atoms with Crippen LogP contribution in [0.5, 0.6) is 0 Å². The molecule has 5 nitrogen and oxygen atoms in total. The van der Waals surface area contributed by atoms with E-state index in [1.807, 2.05) is 0 Å². The summed E-state index contributed by atoms with van der Waals surface area (Å²) in [5.41, 5.74) is -1.25. The van der Waals surface area contributed by atoms with E-state index in [0.29, 0.717) is 6.07 Å². The molecule has 0 saturated heterocycles. The molecule has 9 heteroatoms. The highest BCUT2D eigenvalue weighted by atomic mass is 32.2. The van der Waals surface area contributed by atoms with Gasteiger partial charge < -0.3 is 0 Å². The Labute approximate surface area is 82.7 Å². The second kappa shape index (κ2) is 3.74. The van der Waals surface area contributed by atoms with Gasteiger partial charge in [0.05, 0.1) is 0 Å². The standard InChI is InChI=1S/C6H5F3N2O3S/c7-6(8,9)4-1-2-10-5(11-4)3-15(12,13)14/h1-2H,3H2,(H,12,13,14). The Morgan fingerprint density at radius 1 is 1.40 bits per heavy atom. The van der Waals surface area contributed by atoms with E-state index in [0.717, 1.165) is 6.20 Å². The summed E-state index contributed by atoms with van der Waals surface area (Å²) < 4.78 is 65.4. The highest BCUT2D eigenvalue weighted by molar-refractivity contribution is 7.84. The van der Waals surface area contributed by atoms with E-state index in [9.17, 15) is 21.6 Å². The highest BCUT2D eigenvalue weighted by Gasteiger charge is 2.32. The van der Waals surface area contributed by atoms with Crippen LogP contribution in [-0.4, -0.2) is 22.9 Å². The second-order valence-electron chi connectivity index (χ2n) is 2.58. The smallest absolute Gasteiger partial charge is 0.285 e. The van der Waals surface area contributed by atoms with Crippen molar-refractivity contribution in [2.45, 2.75) is 11.9 Å². The van der Waals surface area contributed by atoms with E-state index in [1.54, 1.807) is 0 Å². The predicted molar refractivity (Wildman–Crippen MR) is 42.3 cm³/mol. The van der Waals surface area contributed by atoms with E-state index in [2.05, 4.69) is 9.97 Å². The molecule has 0 bridgehead atoms. The van der Waals surface area contributed by atoms with Crippen molar-refractivity contribution < 1.29 is 26.1 Å².